The molecular weight excluding hydrogens is 444 g/mol. The summed E-state index contributed by atoms with van der Waals surface area (Å²) in [4.78, 5) is 27.8. The maximum Gasteiger partial charge on any atom is 0.195 e. The second kappa shape index (κ2) is 10.3. The van der Waals surface area contributed by atoms with E-state index in [0.29, 0.717) is 60.4 Å². The average molecular weight is 472 g/mol. The van der Waals surface area contributed by atoms with Gasteiger partial charge in [0, 0.05) is 23.6 Å². The van der Waals surface area contributed by atoms with Gasteiger partial charge >= 0.3 is 0 Å². The van der Waals surface area contributed by atoms with Crippen LogP contribution >= 0.6 is 0 Å². The number of ketones is 1. The molecule has 0 bridgehead atoms. The Morgan fingerprint density at radius 1 is 1.09 bits per heavy atom. The van der Waals surface area contributed by atoms with Crippen LogP contribution in [0.2, 0.25) is 0 Å². The van der Waals surface area contributed by atoms with E-state index < -0.39 is 11.6 Å². The number of Topliss-reactive ketones (excluding diaryl/α,β-unsaturated/α-hetero) is 1. The molecule has 180 valence electrons. The first-order valence-electron chi connectivity index (χ1n) is 11.3. The summed E-state index contributed by atoms with van der Waals surface area (Å²) in [6.45, 7) is 2.19. The highest BCUT2D eigenvalue weighted by molar-refractivity contribution is 5.98. The molecule has 2 heterocycles. The minimum atomic E-state index is -0.808. The van der Waals surface area contributed by atoms with Gasteiger partial charge in [-0.25, -0.2) is 8.78 Å². The largest absolute Gasteiger partial charge is 0.493 e. The van der Waals surface area contributed by atoms with Gasteiger partial charge in [0.2, 0.25) is 0 Å². The predicted molar refractivity (Wildman–Crippen MR) is 124 cm³/mol. The van der Waals surface area contributed by atoms with E-state index in [-0.39, 0.29) is 22.7 Å². The minimum Gasteiger partial charge on any atom is -0.493 e. The molecule has 1 aliphatic rings. The number of rotatable bonds is 8. The summed E-state index contributed by atoms with van der Waals surface area (Å²) in [5.41, 5.74) is 0.900. The van der Waals surface area contributed by atoms with Gasteiger partial charge in [-0.1, -0.05) is 0 Å². The third-order valence-electron chi connectivity index (χ3n) is 6.43. The van der Waals surface area contributed by atoms with Crippen LogP contribution in [-0.4, -0.2) is 44.5 Å². The Bertz CT molecular complexity index is 1250. The lowest BCUT2D eigenvalue weighted by Gasteiger charge is -2.31. The molecule has 1 aromatic heterocycles. The van der Waals surface area contributed by atoms with E-state index in [2.05, 4.69) is 4.90 Å². The molecule has 34 heavy (non-hydrogen) atoms. The predicted octanol–water partition coefficient (Wildman–Crippen LogP) is 4.62. The molecule has 0 spiro atoms. The maximum atomic E-state index is 14.0. The molecule has 0 atom stereocenters. The highest BCUT2D eigenvalue weighted by Gasteiger charge is 2.27. The summed E-state index contributed by atoms with van der Waals surface area (Å²) in [5.74, 6) is -1.07. The number of likely N-dealkylation sites (tertiary alicyclic amines) is 1. The Morgan fingerprint density at radius 2 is 1.79 bits per heavy atom. The summed E-state index contributed by atoms with van der Waals surface area (Å²) in [6.07, 6.45) is 4.06. The molecule has 2 aromatic carbocycles. The summed E-state index contributed by atoms with van der Waals surface area (Å²) < 4.78 is 43.3. The highest BCUT2D eigenvalue weighted by Crippen LogP contribution is 2.31. The summed E-state index contributed by atoms with van der Waals surface area (Å²) in [7, 11) is 3.04. The molecular formula is C26H27F2NO5. The first kappa shape index (κ1) is 23.9. The van der Waals surface area contributed by atoms with Gasteiger partial charge in [-0.15, -0.1) is 0 Å². The third kappa shape index (κ3) is 4.97. The van der Waals surface area contributed by atoms with Crippen molar-refractivity contribution in [2.75, 3.05) is 33.9 Å². The fourth-order valence-corrected chi connectivity index (χ4v) is 4.49. The van der Waals surface area contributed by atoms with Gasteiger partial charge in [0.1, 0.15) is 17.2 Å². The molecule has 1 fully saturated rings. The summed E-state index contributed by atoms with van der Waals surface area (Å²) in [6, 6.07) is 6.36. The molecule has 1 aliphatic heterocycles. The zero-order valence-corrected chi connectivity index (χ0v) is 19.2. The van der Waals surface area contributed by atoms with Crippen LogP contribution in [0.3, 0.4) is 0 Å². The van der Waals surface area contributed by atoms with Crippen molar-refractivity contribution in [2.45, 2.75) is 25.7 Å². The number of carbonyl (C=O) groups excluding carboxylic acids is 1. The number of ether oxygens (including phenoxy) is 2. The van der Waals surface area contributed by atoms with Crippen LogP contribution in [0.4, 0.5) is 8.78 Å². The molecule has 1 saturated heterocycles. The molecule has 6 nitrogen and oxygen atoms in total. The second-order valence-corrected chi connectivity index (χ2v) is 8.50. The number of hydrogen-bond donors (Lipinski definition) is 0. The quantitative estimate of drug-likeness (QED) is 0.447. The number of benzene rings is 2. The molecule has 3 aromatic rings. The van der Waals surface area contributed by atoms with Crippen LogP contribution in [0.5, 0.6) is 11.5 Å². The first-order chi connectivity index (χ1) is 16.4. The van der Waals surface area contributed by atoms with Gasteiger partial charge in [0.05, 0.1) is 31.4 Å². The number of nitrogens with zero attached hydrogens (tertiary/aromatic N) is 1. The van der Waals surface area contributed by atoms with Gasteiger partial charge in [0.25, 0.3) is 0 Å². The van der Waals surface area contributed by atoms with E-state index >= 15 is 0 Å². The summed E-state index contributed by atoms with van der Waals surface area (Å²) >= 11 is 0. The second-order valence-electron chi connectivity index (χ2n) is 8.50. The molecule has 0 saturated carbocycles. The average Bonchev–Trinajstić information content (AvgIpc) is 2.84. The SMILES string of the molecule is COc1cc2occ(CCCN3CCC(C(=O)c4ccc(F)cc4F)CC3)c(=O)c2cc1OC. The molecule has 4 rings (SSSR count). The van der Waals surface area contributed by atoms with Gasteiger partial charge in [-0.3, -0.25) is 9.59 Å². The van der Waals surface area contributed by atoms with Crippen molar-refractivity contribution in [3.63, 3.8) is 0 Å². The Kier molecular flexibility index (Phi) is 7.26. The number of methoxy groups -OCH3 is 2. The van der Waals surface area contributed by atoms with Crippen molar-refractivity contribution in [2.24, 2.45) is 5.92 Å². The van der Waals surface area contributed by atoms with Crippen molar-refractivity contribution in [3.05, 3.63) is 69.6 Å². The van der Waals surface area contributed by atoms with Gasteiger partial charge < -0.3 is 18.8 Å². The van der Waals surface area contributed by atoms with E-state index in [1.807, 2.05) is 0 Å². The Morgan fingerprint density at radius 3 is 2.47 bits per heavy atom. The van der Waals surface area contributed by atoms with Gasteiger partial charge in [-0.2, -0.15) is 0 Å². The highest BCUT2D eigenvalue weighted by atomic mass is 19.1. The van der Waals surface area contributed by atoms with Crippen LogP contribution in [0.1, 0.15) is 35.2 Å². The minimum absolute atomic E-state index is 0.0443. The van der Waals surface area contributed by atoms with E-state index in [1.54, 1.807) is 12.1 Å². The number of hydrogen-bond acceptors (Lipinski definition) is 6. The standard InChI is InChI=1S/C26H27F2NO5/c1-32-23-13-20-22(14-24(23)33-2)34-15-17(26(20)31)4-3-9-29-10-7-16(8-11-29)25(30)19-6-5-18(27)12-21(19)28/h5-6,12-16H,3-4,7-11H2,1-2H3. The van der Waals surface area contributed by atoms with E-state index in [9.17, 15) is 18.4 Å². The zero-order valence-electron chi connectivity index (χ0n) is 19.2. The van der Waals surface area contributed by atoms with Crippen molar-refractivity contribution in [1.82, 2.24) is 4.90 Å². The number of halogens is 2. The number of carbonyl (C=O) groups is 1. The van der Waals surface area contributed by atoms with Crippen LogP contribution in [0.25, 0.3) is 11.0 Å². The van der Waals surface area contributed by atoms with Crippen molar-refractivity contribution in [1.29, 1.82) is 0 Å². The van der Waals surface area contributed by atoms with Crippen LogP contribution in [-0.2, 0) is 6.42 Å². The smallest absolute Gasteiger partial charge is 0.195 e. The molecule has 0 N–H and O–H groups in total. The fraction of sp³-hybridized carbons (Fsp3) is 0.385. The van der Waals surface area contributed by atoms with Crippen molar-refractivity contribution >= 4 is 16.8 Å². The van der Waals surface area contributed by atoms with E-state index in [1.165, 1.54) is 26.5 Å². The number of fused-ring (bicyclic) bond motifs is 1. The van der Waals surface area contributed by atoms with Crippen LogP contribution in [0.15, 0.2) is 45.8 Å². The lowest BCUT2D eigenvalue weighted by molar-refractivity contribution is 0.0835. The lowest BCUT2D eigenvalue weighted by atomic mass is 9.88. The fourth-order valence-electron chi connectivity index (χ4n) is 4.49. The zero-order chi connectivity index (χ0) is 24.2. The Labute approximate surface area is 196 Å². The first-order valence-corrected chi connectivity index (χ1v) is 11.3. The Balaban J connectivity index is 1.33. The van der Waals surface area contributed by atoms with E-state index in [4.69, 9.17) is 13.9 Å². The molecule has 0 unspecified atom stereocenters. The van der Waals surface area contributed by atoms with Crippen LogP contribution < -0.4 is 14.9 Å². The maximum absolute atomic E-state index is 14.0. The normalized spacial score (nSPS) is 14.9. The molecule has 0 radical (unpaired) electrons. The van der Waals surface area contributed by atoms with Crippen molar-refractivity contribution < 1.29 is 27.5 Å². The summed E-state index contributed by atoms with van der Waals surface area (Å²) in [5, 5.41) is 0.447. The molecule has 0 amide bonds. The number of aryl methyl sites for hydroxylation is 1. The van der Waals surface area contributed by atoms with E-state index in [0.717, 1.165) is 25.1 Å². The lowest BCUT2D eigenvalue weighted by Crippen LogP contribution is -2.37. The van der Waals surface area contributed by atoms with Crippen molar-refractivity contribution in [3.8, 4) is 11.5 Å². The molecule has 8 heteroatoms. The van der Waals surface area contributed by atoms with Gasteiger partial charge in [-0.05, 0) is 63.5 Å². The topological polar surface area (TPSA) is 69.0 Å². The van der Waals surface area contributed by atoms with Gasteiger partial charge in [0.15, 0.2) is 22.7 Å². The van der Waals surface area contributed by atoms with Crippen LogP contribution in [0, 0.1) is 17.6 Å². The molecule has 0 aliphatic carbocycles. The Hall–Kier alpha value is -3.26. The third-order valence-corrected chi connectivity index (χ3v) is 6.43. The monoisotopic (exact) mass is 471 g/mol. The number of piperidine rings is 1.